The summed E-state index contributed by atoms with van der Waals surface area (Å²) in [7, 11) is -3.82. The maximum atomic E-state index is 13.3. The maximum absolute atomic E-state index is 13.3. The largest absolute Gasteiger partial charge is 0.330 e. The van der Waals surface area contributed by atoms with E-state index in [1.807, 2.05) is 30.3 Å². The molecule has 0 aromatic heterocycles. The highest BCUT2D eigenvalue weighted by atomic mass is 32.2. The number of rotatable bonds is 8. The fourth-order valence-electron chi connectivity index (χ4n) is 2.91. The normalized spacial score (nSPS) is 11.7. The smallest absolute Gasteiger partial charge is 0.270 e. The first kappa shape index (κ1) is 20.0. The molecule has 2 rings (SSSR count). The molecular weight excluding hydrogens is 354 g/mol. The van der Waals surface area contributed by atoms with Gasteiger partial charge in [0.25, 0.3) is 5.69 Å². The minimum Gasteiger partial charge on any atom is -0.330 e. The lowest BCUT2D eigenvalue weighted by Crippen LogP contribution is -2.33. The monoisotopic (exact) mass is 377 g/mol. The van der Waals surface area contributed by atoms with E-state index < -0.39 is 14.9 Å². The number of sulfonamides is 1. The number of nitrogens with zero attached hydrogens (tertiary/aromatic N) is 2. The molecule has 0 spiro atoms. The van der Waals surface area contributed by atoms with Crippen molar-refractivity contribution in [2.45, 2.75) is 31.7 Å². The average Bonchev–Trinajstić information content (AvgIpc) is 2.58. The maximum Gasteiger partial charge on any atom is 0.270 e. The second kappa shape index (κ2) is 8.39. The van der Waals surface area contributed by atoms with Gasteiger partial charge in [-0.05, 0) is 43.5 Å². The third-order valence-corrected chi connectivity index (χ3v) is 6.22. The van der Waals surface area contributed by atoms with E-state index in [4.69, 9.17) is 5.73 Å². The summed E-state index contributed by atoms with van der Waals surface area (Å²) in [4.78, 5) is 10.6. The molecule has 2 N–H and O–H groups in total. The van der Waals surface area contributed by atoms with Crippen LogP contribution < -0.4 is 5.73 Å². The van der Waals surface area contributed by atoms with Crippen LogP contribution in [-0.4, -0.2) is 30.7 Å². The van der Waals surface area contributed by atoms with E-state index in [1.54, 1.807) is 13.8 Å². The lowest BCUT2D eigenvalue weighted by molar-refractivity contribution is -0.385. The van der Waals surface area contributed by atoms with Crippen LogP contribution in [-0.2, 0) is 16.6 Å². The zero-order valence-corrected chi connectivity index (χ0v) is 15.7. The predicted octanol–water partition coefficient (Wildman–Crippen LogP) is 2.75. The lowest BCUT2D eigenvalue weighted by atomic mass is 10.1. The highest BCUT2D eigenvalue weighted by Gasteiger charge is 2.29. The number of nitrogens with two attached hydrogens (primary N) is 1. The Morgan fingerprint density at radius 2 is 1.69 bits per heavy atom. The van der Waals surface area contributed by atoms with Gasteiger partial charge in [-0.15, -0.1) is 0 Å². The van der Waals surface area contributed by atoms with E-state index in [1.165, 1.54) is 16.4 Å². The Bertz CT molecular complexity index is 860. The molecule has 0 amide bonds. The van der Waals surface area contributed by atoms with E-state index in [9.17, 15) is 18.5 Å². The Kier molecular flexibility index (Phi) is 6.47. The van der Waals surface area contributed by atoms with Crippen LogP contribution in [0, 0.1) is 24.0 Å². The SMILES string of the molecule is Cc1cc([N+](=O)[O-])cc(C)c1S(=O)(=O)N(CCCN)Cc1ccccc1. The summed E-state index contributed by atoms with van der Waals surface area (Å²) in [5, 5.41) is 11.0. The Morgan fingerprint density at radius 3 is 2.19 bits per heavy atom. The molecule has 2 aromatic carbocycles. The summed E-state index contributed by atoms with van der Waals surface area (Å²) in [6.07, 6.45) is 0.525. The fraction of sp³-hybridized carbons (Fsp3) is 0.333. The Morgan fingerprint density at radius 1 is 1.12 bits per heavy atom. The minimum atomic E-state index is -3.82. The van der Waals surface area contributed by atoms with Crippen molar-refractivity contribution in [2.24, 2.45) is 5.73 Å². The van der Waals surface area contributed by atoms with Crippen LogP contribution in [0.4, 0.5) is 5.69 Å². The molecule has 0 saturated carbocycles. The first-order valence-corrected chi connectivity index (χ1v) is 9.71. The number of nitro benzene ring substituents is 1. The topological polar surface area (TPSA) is 107 Å². The molecule has 0 bridgehead atoms. The molecular formula is C18H23N3O4S. The lowest BCUT2D eigenvalue weighted by Gasteiger charge is -2.24. The van der Waals surface area contributed by atoms with Gasteiger partial charge in [-0.1, -0.05) is 30.3 Å². The summed E-state index contributed by atoms with van der Waals surface area (Å²) < 4.78 is 27.9. The van der Waals surface area contributed by atoms with Crippen LogP contribution in [0.2, 0.25) is 0 Å². The molecule has 0 aliphatic rings. The van der Waals surface area contributed by atoms with Crippen molar-refractivity contribution >= 4 is 15.7 Å². The zero-order chi connectivity index (χ0) is 19.3. The van der Waals surface area contributed by atoms with Gasteiger partial charge < -0.3 is 5.73 Å². The summed E-state index contributed by atoms with van der Waals surface area (Å²) >= 11 is 0. The molecule has 8 heteroatoms. The van der Waals surface area contributed by atoms with E-state index in [2.05, 4.69) is 0 Å². The van der Waals surface area contributed by atoms with Crippen molar-refractivity contribution in [3.8, 4) is 0 Å². The van der Waals surface area contributed by atoms with Crippen molar-refractivity contribution in [1.82, 2.24) is 4.31 Å². The van der Waals surface area contributed by atoms with Gasteiger partial charge in [0, 0.05) is 25.2 Å². The quantitative estimate of drug-likeness (QED) is 0.562. The number of non-ortho nitro benzene ring substituents is 1. The molecule has 0 atom stereocenters. The number of hydrogen-bond donors (Lipinski definition) is 1. The first-order chi connectivity index (χ1) is 12.3. The minimum absolute atomic E-state index is 0.115. The van der Waals surface area contributed by atoms with Gasteiger partial charge in [0.05, 0.1) is 9.82 Å². The van der Waals surface area contributed by atoms with Crippen LogP contribution in [0.15, 0.2) is 47.4 Å². The molecule has 0 aliphatic carbocycles. The highest BCUT2D eigenvalue weighted by molar-refractivity contribution is 7.89. The van der Waals surface area contributed by atoms with E-state index in [-0.39, 0.29) is 23.7 Å². The number of aryl methyl sites for hydroxylation is 2. The van der Waals surface area contributed by atoms with Crippen LogP contribution in [0.25, 0.3) is 0 Å². The molecule has 0 fully saturated rings. The molecule has 140 valence electrons. The molecule has 0 unspecified atom stereocenters. The van der Waals surface area contributed by atoms with Crippen molar-refractivity contribution in [1.29, 1.82) is 0 Å². The molecule has 0 heterocycles. The standard InChI is InChI=1S/C18H23N3O4S/c1-14-11-17(21(22)23)12-15(2)18(14)26(24,25)20(10-6-9-19)13-16-7-4-3-5-8-16/h3-5,7-8,11-12H,6,9-10,13,19H2,1-2H3. The third kappa shape index (κ3) is 4.46. The van der Waals surface area contributed by atoms with Crippen molar-refractivity contribution in [3.63, 3.8) is 0 Å². The molecule has 0 saturated heterocycles. The number of hydrogen-bond acceptors (Lipinski definition) is 5. The van der Waals surface area contributed by atoms with Gasteiger partial charge in [0.15, 0.2) is 0 Å². The number of nitro groups is 1. The van der Waals surface area contributed by atoms with Crippen LogP contribution in [0.1, 0.15) is 23.1 Å². The summed E-state index contributed by atoms with van der Waals surface area (Å²) in [6, 6.07) is 11.9. The molecule has 2 aromatic rings. The fourth-order valence-corrected chi connectivity index (χ4v) is 4.79. The van der Waals surface area contributed by atoms with Crippen LogP contribution in [0.3, 0.4) is 0 Å². The summed E-state index contributed by atoms with van der Waals surface area (Å²) in [5.41, 5.74) is 7.05. The van der Waals surface area contributed by atoms with E-state index in [0.29, 0.717) is 24.1 Å². The van der Waals surface area contributed by atoms with Gasteiger partial charge in [0.2, 0.25) is 10.0 Å². The number of benzene rings is 2. The molecule has 26 heavy (non-hydrogen) atoms. The second-order valence-corrected chi connectivity index (χ2v) is 8.01. The van der Waals surface area contributed by atoms with E-state index in [0.717, 1.165) is 5.56 Å². The zero-order valence-electron chi connectivity index (χ0n) is 14.9. The van der Waals surface area contributed by atoms with Crippen LogP contribution >= 0.6 is 0 Å². The van der Waals surface area contributed by atoms with Gasteiger partial charge in [-0.25, -0.2) is 8.42 Å². The molecule has 0 aliphatic heterocycles. The van der Waals surface area contributed by atoms with E-state index >= 15 is 0 Å². The van der Waals surface area contributed by atoms with Crippen LogP contribution in [0.5, 0.6) is 0 Å². The summed E-state index contributed by atoms with van der Waals surface area (Å²) in [6.45, 7) is 4.04. The van der Waals surface area contributed by atoms with Crippen molar-refractivity contribution < 1.29 is 13.3 Å². The summed E-state index contributed by atoms with van der Waals surface area (Å²) in [5.74, 6) is 0. The van der Waals surface area contributed by atoms with Gasteiger partial charge in [-0.3, -0.25) is 10.1 Å². The van der Waals surface area contributed by atoms with Crippen molar-refractivity contribution in [3.05, 3.63) is 69.3 Å². The van der Waals surface area contributed by atoms with Gasteiger partial charge >= 0.3 is 0 Å². The average molecular weight is 377 g/mol. The highest BCUT2D eigenvalue weighted by Crippen LogP contribution is 2.29. The Labute approximate surface area is 153 Å². The Hall–Kier alpha value is -2.29. The van der Waals surface area contributed by atoms with Gasteiger partial charge in [-0.2, -0.15) is 4.31 Å². The third-order valence-electron chi connectivity index (χ3n) is 4.07. The predicted molar refractivity (Wildman–Crippen MR) is 100 cm³/mol. The first-order valence-electron chi connectivity index (χ1n) is 8.27. The molecule has 0 radical (unpaired) electrons. The van der Waals surface area contributed by atoms with Crippen molar-refractivity contribution in [2.75, 3.05) is 13.1 Å². The van der Waals surface area contributed by atoms with Gasteiger partial charge in [0.1, 0.15) is 0 Å². The second-order valence-electron chi connectivity index (χ2n) is 6.13. The Balaban J connectivity index is 2.47. The molecule has 7 nitrogen and oxygen atoms in total.